The molecule has 0 amide bonds. The first-order valence-electron chi connectivity index (χ1n) is 16.6. The summed E-state index contributed by atoms with van der Waals surface area (Å²) in [6.07, 6.45) is 16.5. The number of nitrogens with one attached hydrogen (secondary N) is 4. The Morgan fingerprint density at radius 3 is 1.44 bits per heavy atom. The van der Waals surface area contributed by atoms with E-state index in [0.29, 0.717) is 0 Å². The number of aromatic nitrogens is 8. The standard InChI is InChI=1S/C42H26N8/c1-2-24-6-10-36(44-24)40-18-14-32(48-40)28-22-30-29(21-27(28)31-13-17-39(47-31)35-9-5-23(1)43-35)33-15-19-41(49-33)37-11-7-25(45-37)3-4-26-8-12-38(46-26)42-20-16-34(30)50-42/h1-22,43,46-47,49H. The van der Waals surface area contributed by atoms with E-state index in [0.717, 1.165) is 111 Å². The van der Waals surface area contributed by atoms with E-state index in [2.05, 4.69) is 117 Å². The number of aromatic amines is 4. The van der Waals surface area contributed by atoms with Crippen LogP contribution in [0, 0.1) is 0 Å². The first kappa shape index (κ1) is 26.9. The maximum Gasteiger partial charge on any atom is 0.0894 e. The van der Waals surface area contributed by atoms with Gasteiger partial charge in [-0.15, -0.1) is 0 Å². The van der Waals surface area contributed by atoms with Crippen LogP contribution >= 0.6 is 0 Å². The molecule has 16 bridgehead atoms. The van der Waals surface area contributed by atoms with Crippen LogP contribution in [0.2, 0.25) is 0 Å². The molecule has 10 heterocycles. The van der Waals surface area contributed by atoms with Crippen LogP contribution in [0.4, 0.5) is 0 Å². The van der Waals surface area contributed by atoms with Gasteiger partial charge in [0.05, 0.1) is 67.6 Å². The fourth-order valence-electron chi connectivity index (χ4n) is 7.11. The molecule has 0 unspecified atom stereocenters. The Bertz CT molecular complexity index is 3100. The van der Waals surface area contributed by atoms with Crippen molar-refractivity contribution in [2.75, 3.05) is 0 Å². The fourth-order valence-corrected chi connectivity index (χ4v) is 7.11. The van der Waals surface area contributed by atoms with Crippen LogP contribution in [0.15, 0.2) is 84.9 Å². The zero-order chi connectivity index (χ0) is 32.8. The molecule has 0 fully saturated rings. The summed E-state index contributed by atoms with van der Waals surface area (Å²) in [5.74, 6) is 0. The zero-order valence-electron chi connectivity index (χ0n) is 26.5. The van der Waals surface area contributed by atoms with Crippen LogP contribution in [0.1, 0.15) is 45.6 Å². The van der Waals surface area contributed by atoms with Crippen LogP contribution in [0.5, 0.6) is 0 Å². The Balaban J connectivity index is 1.33. The summed E-state index contributed by atoms with van der Waals surface area (Å²) < 4.78 is 0. The minimum atomic E-state index is 0.833. The number of hydrogen-bond acceptors (Lipinski definition) is 4. The molecule has 11 rings (SSSR count). The normalized spacial score (nSPS) is 13.3. The van der Waals surface area contributed by atoms with Crippen LogP contribution in [-0.2, 0) is 0 Å². The Morgan fingerprint density at radius 2 is 0.680 bits per heavy atom. The smallest absolute Gasteiger partial charge is 0.0894 e. The summed E-state index contributed by atoms with van der Waals surface area (Å²) in [5.41, 5.74) is 14.8. The molecule has 1 aromatic carbocycles. The summed E-state index contributed by atoms with van der Waals surface area (Å²) >= 11 is 0. The van der Waals surface area contributed by atoms with Crippen molar-refractivity contribution in [2.24, 2.45) is 0 Å². The third-order valence-electron chi connectivity index (χ3n) is 9.65. The van der Waals surface area contributed by atoms with Gasteiger partial charge in [-0.3, -0.25) is 0 Å². The molecule has 4 aliphatic rings. The third-order valence-corrected chi connectivity index (χ3v) is 9.65. The molecule has 0 atom stereocenters. The second-order valence-electron chi connectivity index (χ2n) is 12.8. The van der Waals surface area contributed by atoms with Gasteiger partial charge in [0.2, 0.25) is 0 Å². The summed E-state index contributed by atoms with van der Waals surface area (Å²) in [6.45, 7) is 0. The molecule has 6 aromatic heterocycles. The van der Waals surface area contributed by atoms with Crippen LogP contribution in [0.3, 0.4) is 0 Å². The lowest BCUT2D eigenvalue weighted by atomic mass is 10.0. The number of nitrogens with zero attached hydrogens (tertiary/aromatic N) is 4. The molecule has 4 N–H and O–H groups in total. The van der Waals surface area contributed by atoms with E-state index in [4.69, 9.17) is 19.9 Å². The van der Waals surface area contributed by atoms with Crippen LogP contribution < -0.4 is 0 Å². The molecule has 4 aliphatic heterocycles. The lowest BCUT2D eigenvalue weighted by Crippen LogP contribution is -1.86. The average molecular weight is 643 g/mol. The fraction of sp³-hybridized carbons (Fsp3) is 0. The van der Waals surface area contributed by atoms with Crippen molar-refractivity contribution in [1.82, 2.24) is 39.9 Å². The number of fused-ring (bicyclic) bond motifs is 26. The number of H-pyrrole nitrogens is 4. The van der Waals surface area contributed by atoms with E-state index in [1.54, 1.807) is 0 Å². The van der Waals surface area contributed by atoms with Crippen molar-refractivity contribution in [3.8, 4) is 0 Å². The summed E-state index contributed by atoms with van der Waals surface area (Å²) in [4.78, 5) is 34.6. The van der Waals surface area contributed by atoms with Crippen LogP contribution in [-0.4, -0.2) is 39.9 Å². The highest BCUT2D eigenvalue weighted by molar-refractivity contribution is 6.13. The second-order valence-corrected chi connectivity index (χ2v) is 12.8. The van der Waals surface area contributed by atoms with E-state index in [9.17, 15) is 0 Å². The average Bonchev–Trinajstić information content (AvgIpc) is 3.99. The molecule has 8 heteroatoms. The van der Waals surface area contributed by atoms with Gasteiger partial charge in [-0.1, -0.05) is 0 Å². The Hall–Kier alpha value is -7.06. The summed E-state index contributed by atoms with van der Waals surface area (Å²) in [7, 11) is 0. The predicted octanol–water partition coefficient (Wildman–Crippen LogP) is 9.93. The van der Waals surface area contributed by atoms with E-state index in [-0.39, 0.29) is 0 Å². The van der Waals surface area contributed by atoms with Gasteiger partial charge in [0, 0.05) is 43.6 Å². The molecule has 0 aliphatic carbocycles. The van der Waals surface area contributed by atoms with Crippen molar-refractivity contribution in [2.45, 2.75) is 0 Å². The molecule has 50 heavy (non-hydrogen) atoms. The molecule has 0 saturated heterocycles. The van der Waals surface area contributed by atoms with Crippen molar-refractivity contribution in [3.05, 3.63) is 130 Å². The van der Waals surface area contributed by atoms with Gasteiger partial charge in [0.15, 0.2) is 0 Å². The van der Waals surface area contributed by atoms with Crippen molar-refractivity contribution in [1.29, 1.82) is 0 Å². The van der Waals surface area contributed by atoms with Crippen molar-refractivity contribution >= 4 is 114 Å². The van der Waals surface area contributed by atoms with Gasteiger partial charge in [0.1, 0.15) is 0 Å². The SMILES string of the molecule is C1=Cc2nc1ccc1ccc([nH]1)c1ccc([nH]1)c1cc3c4ccc([nH]4)c4nc(ccc5ccc([nH]5)c5nc(c3cc1c1nc2C=C1)C=C5)C=C4. The first-order chi connectivity index (χ1) is 24.7. The number of rotatable bonds is 0. The highest BCUT2D eigenvalue weighted by Gasteiger charge is 2.14. The van der Waals surface area contributed by atoms with Crippen LogP contribution in [0.25, 0.3) is 114 Å². The lowest BCUT2D eigenvalue weighted by Gasteiger charge is -2.04. The van der Waals surface area contributed by atoms with E-state index >= 15 is 0 Å². The van der Waals surface area contributed by atoms with Gasteiger partial charge in [0.25, 0.3) is 0 Å². The number of benzene rings is 1. The Kier molecular flexibility index (Phi) is 5.51. The van der Waals surface area contributed by atoms with Crippen molar-refractivity contribution < 1.29 is 0 Å². The highest BCUT2D eigenvalue weighted by atomic mass is 14.8. The maximum absolute atomic E-state index is 5.18. The Labute approximate surface area is 284 Å². The first-order valence-corrected chi connectivity index (χ1v) is 16.6. The molecular formula is C42H26N8. The van der Waals surface area contributed by atoms with Gasteiger partial charge in [-0.2, -0.15) is 0 Å². The highest BCUT2D eigenvalue weighted by Crippen LogP contribution is 2.34. The quantitative estimate of drug-likeness (QED) is 0.132. The zero-order valence-corrected chi connectivity index (χ0v) is 26.5. The monoisotopic (exact) mass is 642 g/mol. The molecule has 8 nitrogen and oxygen atoms in total. The van der Waals surface area contributed by atoms with E-state index in [1.807, 2.05) is 36.4 Å². The molecule has 0 radical (unpaired) electrons. The molecule has 0 saturated carbocycles. The predicted molar refractivity (Wildman–Crippen MR) is 206 cm³/mol. The third kappa shape index (κ3) is 4.32. The Morgan fingerprint density at radius 1 is 0.280 bits per heavy atom. The molecule has 7 aromatic rings. The minimum absolute atomic E-state index is 0.833. The van der Waals surface area contributed by atoms with Crippen molar-refractivity contribution in [3.63, 3.8) is 0 Å². The minimum Gasteiger partial charge on any atom is -0.354 e. The topological polar surface area (TPSA) is 115 Å². The molecular weight excluding hydrogens is 617 g/mol. The molecule has 0 spiro atoms. The largest absolute Gasteiger partial charge is 0.354 e. The number of hydrogen-bond donors (Lipinski definition) is 4. The second kappa shape index (κ2) is 10.2. The van der Waals surface area contributed by atoms with E-state index < -0.39 is 0 Å². The lowest BCUT2D eigenvalue weighted by molar-refractivity contribution is 1.24. The van der Waals surface area contributed by atoms with Gasteiger partial charge >= 0.3 is 0 Å². The summed E-state index contributed by atoms with van der Waals surface area (Å²) in [5, 5.41) is 4.05. The maximum atomic E-state index is 5.18. The van der Waals surface area contributed by atoms with Gasteiger partial charge in [-0.05, 0) is 134 Å². The molecule has 234 valence electrons. The summed E-state index contributed by atoms with van der Waals surface area (Å²) in [6, 6.07) is 29.5. The van der Waals surface area contributed by atoms with E-state index in [1.165, 1.54) is 0 Å². The van der Waals surface area contributed by atoms with Gasteiger partial charge in [-0.25, -0.2) is 19.9 Å². The van der Waals surface area contributed by atoms with Gasteiger partial charge < -0.3 is 19.9 Å².